The zero-order valence-corrected chi connectivity index (χ0v) is 8.17. The zero-order chi connectivity index (χ0) is 10.3. The summed E-state index contributed by atoms with van der Waals surface area (Å²) < 4.78 is 21.3. The van der Waals surface area contributed by atoms with E-state index in [1.165, 1.54) is 0 Å². The number of hydrogen-bond acceptors (Lipinski definition) is 4. The monoisotopic (exact) mass is 218 g/mol. The minimum absolute atomic E-state index is 0.0261. The third-order valence-corrected chi connectivity index (χ3v) is 3.38. The minimum Gasteiger partial charge on any atom is -0.322 e. The lowest BCUT2D eigenvalue weighted by Crippen LogP contribution is -2.52. The van der Waals surface area contributed by atoms with Gasteiger partial charge in [0.25, 0.3) is 5.91 Å². The number of imide groups is 1. The maximum absolute atomic E-state index is 11.5. The van der Waals surface area contributed by atoms with E-state index in [0.29, 0.717) is 0 Å². The van der Waals surface area contributed by atoms with Crippen molar-refractivity contribution in [2.45, 2.75) is 18.4 Å². The van der Waals surface area contributed by atoms with E-state index >= 15 is 0 Å². The van der Waals surface area contributed by atoms with Gasteiger partial charge < -0.3 is 5.32 Å². The summed E-state index contributed by atoms with van der Waals surface area (Å²) in [5.41, 5.74) is -1.19. The lowest BCUT2D eigenvalue weighted by molar-refractivity contribution is -0.123. The lowest BCUT2D eigenvalue weighted by Gasteiger charge is -2.22. The highest BCUT2D eigenvalue weighted by Crippen LogP contribution is 2.41. The fourth-order valence-electron chi connectivity index (χ4n) is 1.81. The van der Waals surface area contributed by atoms with Gasteiger partial charge in [-0.3, -0.25) is 10.1 Å². The van der Waals surface area contributed by atoms with Gasteiger partial charge in [-0.1, -0.05) is 0 Å². The first-order valence-corrected chi connectivity index (χ1v) is 5.66. The van der Waals surface area contributed by atoms with E-state index < -0.39 is 28.2 Å². The molecule has 78 valence electrons. The molecule has 6 nitrogen and oxygen atoms in total. The third-order valence-electron chi connectivity index (χ3n) is 2.62. The second kappa shape index (κ2) is 2.94. The molecule has 1 saturated carbocycles. The SMILES string of the molecule is O=C1NC(=O)C(C[SH](=O)=O)(C2CC2)N1. The molecular weight excluding hydrogens is 208 g/mol. The number of amides is 3. The average molecular weight is 218 g/mol. The Kier molecular flexibility index (Phi) is 1.99. The summed E-state index contributed by atoms with van der Waals surface area (Å²) >= 11 is 0. The Morgan fingerprint density at radius 2 is 2.00 bits per heavy atom. The molecule has 0 aromatic heterocycles. The van der Waals surface area contributed by atoms with Gasteiger partial charge in [-0.15, -0.1) is 0 Å². The van der Waals surface area contributed by atoms with Crippen LogP contribution in [-0.2, 0) is 15.5 Å². The van der Waals surface area contributed by atoms with Crippen molar-refractivity contribution in [1.29, 1.82) is 0 Å². The maximum atomic E-state index is 11.5. The van der Waals surface area contributed by atoms with Crippen LogP contribution in [0.3, 0.4) is 0 Å². The zero-order valence-electron chi connectivity index (χ0n) is 7.28. The third kappa shape index (κ3) is 1.37. The van der Waals surface area contributed by atoms with Crippen LogP contribution in [0.5, 0.6) is 0 Å². The molecule has 0 aromatic rings. The maximum Gasteiger partial charge on any atom is 0.322 e. The summed E-state index contributed by atoms with van der Waals surface area (Å²) in [4.78, 5) is 22.4. The highest BCUT2D eigenvalue weighted by molar-refractivity contribution is 7.72. The molecule has 2 rings (SSSR count). The van der Waals surface area contributed by atoms with Crippen molar-refractivity contribution >= 4 is 22.6 Å². The van der Waals surface area contributed by atoms with Crippen LogP contribution in [0, 0.1) is 5.92 Å². The first-order chi connectivity index (χ1) is 6.54. The average Bonchev–Trinajstić information content (AvgIpc) is 2.80. The van der Waals surface area contributed by atoms with E-state index in [4.69, 9.17) is 0 Å². The van der Waals surface area contributed by atoms with Crippen LogP contribution in [0.15, 0.2) is 0 Å². The van der Waals surface area contributed by atoms with Crippen LogP contribution >= 0.6 is 0 Å². The molecule has 3 amide bonds. The van der Waals surface area contributed by atoms with Gasteiger partial charge in [0.05, 0.1) is 5.75 Å². The molecule has 1 saturated heterocycles. The Labute approximate surface area is 82.0 Å². The predicted molar refractivity (Wildman–Crippen MR) is 47.3 cm³/mol. The Balaban J connectivity index is 2.30. The number of hydrogen-bond donors (Lipinski definition) is 3. The quantitative estimate of drug-likeness (QED) is 0.400. The highest BCUT2D eigenvalue weighted by atomic mass is 32.2. The first-order valence-electron chi connectivity index (χ1n) is 4.30. The van der Waals surface area contributed by atoms with Crippen molar-refractivity contribution in [1.82, 2.24) is 10.6 Å². The van der Waals surface area contributed by atoms with Crippen molar-refractivity contribution in [2.75, 3.05) is 5.75 Å². The molecular formula is C7H10N2O4S. The van der Waals surface area contributed by atoms with Crippen molar-refractivity contribution in [3.05, 3.63) is 0 Å². The van der Waals surface area contributed by atoms with Crippen molar-refractivity contribution in [3.8, 4) is 0 Å². The number of urea groups is 1. The lowest BCUT2D eigenvalue weighted by atomic mass is 9.96. The van der Waals surface area contributed by atoms with Gasteiger partial charge in [0, 0.05) is 0 Å². The van der Waals surface area contributed by atoms with Crippen molar-refractivity contribution in [3.63, 3.8) is 0 Å². The van der Waals surface area contributed by atoms with E-state index in [1.807, 2.05) is 0 Å². The normalized spacial score (nSPS) is 31.8. The Morgan fingerprint density at radius 3 is 2.36 bits per heavy atom. The van der Waals surface area contributed by atoms with Crippen molar-refractivity contribution in [2.24, 2.45) is 5.92 Å². The van der Waals surface area contributed by atoms with E-state index in [0.717, 1.165) is 12.8 Å². The Bertz CT molecular complexity index is 366. The Morgan fingerprint density at radius 1 is 1.36 bits per heavy atom. The largest absolute Gasteiger partial charge is 0.322 e. The predicted octanol–water partition coefficient (Wildman–Crippen LogP) is -1.41. The molecule has 14 heavy (non-hydrogen) atoms. The van der Waals surface area contributed by atoms with Gasteiger partial charge in [0.1, 0.15) is 16.2 Å². The van der Waals surface area contributed by atoms with Crippen LogP contribution in [0.4, 0.5) is 4.79 Å². The second-order valence-corrected chi connectivity index (χ2v) is 4.63. The van der Waals surface area contributed by atoms with Gasteiger partial charge in [0.2, 0.25) is 0 Å². The Hall–Kier alpha value is -1.11. The topological polar surface area (TPSA) is 92.3 Å². The number of carbonyl (C=O) groups excluding carboxylic acids is 2. The summed E-state index contributed by atoms with van der Waals surface area (Å²) in [6.07, 6.45) is 1.58. The molecule has 0 bridgehead atoms. The summed E-state index contributed by atoms with van der Waals surface area (Å²) in [7, 11) is -2.67. The molecule has 1 unspecified atom stereocenters. The molecule has 1 atom stereocenters. The summed E-state index contributed by atoms with van der Waals surface area (Å²) in [5, 5.41) is 4.51. The number of nitrogens with one attached hydrogen (secondary N) is 2. The highest BCUT2D eigenvalue weighted by Gasteiger charge is 2.56. The number of thiol groups is 1. The molecule has 1 aliphatic heterocycles. The van der Waals surface area contributed by atoms with Crippen LogP contribution in [-0.4, -0.2) is 31.6 Å². The van der Waals surface area contributed by atoms with E-state index in [9.17, 15) is 18.0 Å². The molecule has 7 heteroatoms. The van der Waals surface area contributed by atoms with Crippen LogP contribution in [0.1, 0.15) is 12.8 Å². The van der Waals surface area contributed by atoms with Gasteiger partial charge in [-0.05, 0) is 18.8 Å². The van der Waals surface area contributed by atoms with Crippen LogP contribution in [0.2, 0.25) is 0 Å². The molecule has 0 radical (unpaired) electrons. The standard InChI is InChI=1S/C7H10N2O4S/c10-5-7(3-14(12)13,4-1-2-4)9-6(11)8-5/h4,14H,1-3H2,(H2,8,9,10,11). The van der Waals surface area contributed by atoms with Crippen molar-refractivity contribution < 1.29 is 18.0 Å². The molecule has 2 fully saturated rings. The van der Waals surface area contributed by atoms with Crippen LogP contribution in [0.25, 0.3) is 0 Å². The summed E-state index contributed by atoms with van der Waals surface area (Å²) in [6, 6.07) is -0.598. The fraction of sp³-hybridized carbons (Fsp3) is 0.714. The molecule has 0 spiro atoms. The number of carbonyl (C=O) groups is 2. The van der Waals surface area contributed by atoms with Gasteiger partial charge in [-0.25, -0.2) is 13.2 Å². The molecule has 2 N–H and O–H groups in total. The van der Waals surface area contributed by atoms with E-state index in [2.05, 4.69) is 10.6 Å². The smallest absolute Gasteiger partial charge is 0.322 e. The summed E-state index contributed by atoms with van der Waals surface area (Å²) in [5.74, 6) is -0.837. The van der Waals surface area contributed by atoms with E-state index in [-0.39, 0.29) is 11.7 Å². The molecule has 0 aromatic carbocycles. The number of rotatable bonds is 3. The van der Waals surface area contributed by atoms with Crippen LogP contribution < -0.4 is 10.6 Å². The fourth-order valence-corrected chi connectivity index (χ4v) is 2.70. The molecule has 2 aliphatic rings. The first kappa shape index (κ1) is 9.45. The minimum atomic E-state index is -2.67. The van der Waals surface area contributed by atoms with Gasteiger partial charge in [-0.2, -0.15) is 0 Å². The molecule has 1 heterocycles. The summed E-state index contributed by atoms with van der Waals surface area (Å²) in [6.45, 7) is 0. The molecule has 1 aliphatic carbocycles. The van der Waals surface area contributed by atoms with Gasteiger partial charge >= 0.3 is 6.03 Å². The van der Waals surface area contributed by atoms with Gasteiger partial charge in [0.15, 0.2) is 0 Å². The van der Waals surface area contributed by atoms with E-state index in [1.54, 1.807) is 0 Å². The second-order valence-electron chi connectivity index (χ2n) is 3.64.